The molecule has 113 valence electrons. The molecular formula is C10H16CuN2O6. The van der Waals surface area contributed by atoms with E-state index in [9.17, 15) is 19.8 Å². The van der Waals surface area contributed by atoms with Crippen LogP contribution < -0.4 is 20.8 Å². The molecule has 8 nitrogen and oxygen atoms in total. The minimum absolute atomic E-state index is 0. The fourth-order valence-corrected chi connectivity index (χ4v) is 1.79. The largest absolute Gasteiger partial charge is 2.00 e. The van der Waals surface area contributed by atoms with Gasteiger partial charge in [-0.05, 0) is 12.8 Å². The first-order chi connectivity index (χ1) is 8.40. The molecule has 4 N–H and O–H groups in total. The average molecular weight is 324 g/mol. The first-order valence-electron chi connectivity index (χ1n) is 5.64. The topological polar surface area (TPSA) is 145 Å². The van der Waals surface area contributed by atoms with Gasteiger partial charge in [0.1, 0.15) is 0 Å². The summed E-state index contributed by atoms with van der Waals surface area (Å²) in [4.78, 5) is 20.1. The van der Waals surface area contributed by atoms with Crippen LogP contribution in [0.1, 0.15) is 12.8 Å². The van der Waals surface area contributed by atoms with Gasteiger partial charge in [-0.1, -0.05) is 0 Å². The van der Waals surface area contributed by atoms with Gasteiger partial charge in [-0.2, -0.15) is 0 Å². The SMILES string of the molecule is O=C([O-])[C@@H]1C[C@@H](O)CN1.O=C([O-])[C@@H]1C[C@@H](O)CN1.[Cu+2]. The first kappa shape index (κ1) is 18.3. The number of hydrogen-bond acceptors (Lipinski definition) is 8. The maximum atomic E-state index is 10.1. The molecule has 2 heterocycles. The molecule has 0 spiro atoms. The van der Waals surface area contributed by atoms with Gasteiger partial charge in [-0.15, -0.1) is 0 Å². The quantitative estimate of drug-likeness (QED) is 0.369. The van der Waals surface area contributed by atoms with Crippen molar-refractivity contribution in [2.45, 2.75) is 37.1 Å². The number of aliphatic hydroxyl groups is 2. The number of carboxylic acids is 2. The molecule has 19 heavy (non-hydrogen) atoms. The predicted octanol–water partition coefficient (Wildman–Crippen LogP) is -5.08. The van der Waals surface area contributed by atoms with Gasteiger partial charge < -0.3 is 40.6 Å². The van der Waals surface area contributed by atoms with Gasteiger partial charge in [0.15, 0.2) is 0 Å². The van der Waals surface area contributed by atoms with Crippen molar-refractivity contribution in [2.75, 3.05) is 13.1 Å². The van der Waals surface area contributed by atoms with Crippen LogP contribution in [0, 0.1) is 0 Å². The molecule has 0 unspecified atom stereocenters. The predicted molar refractivity (Wildman–Crippen MR) is 54.8 cm³/mol. The van der Waals surface area contributed by atoms with Gasteiger partial charge in [0.25, 0.3) is 0 Å². The molecular weight excluding hydrogens is 308 g/mol. The summed E-state index contributed by atoms with van der Waals surface area (Å²) in [7, 11) is 0. The van der Waals surface area contributed by atoms with Gasteiger partial charge in [0.05, 0.1) is 24.1 Å². The molecule has 0 saturated carbocycles. The standard InChI is InChI=1S/2C5H9NO3.Cu/c2*7-3-1-4(5(8)9)6-2-3;/h2*3-4,6-7H,1-2H2,(H,8,9);/q;;+2/p-2/t2*3-,4+;/m11./s1. The van der Waals surface area contributed by atoms with E-state index in [1.54, 1.807) is 0 Å². The number of nitrogens with one attached hydrogen (secondary N) is 2. The zero-order chi connectivity index (χ0) is 13.7. The van der Waals surface area contributed by atoms with Crippen LogP contribution >= 0.6 is 0 Å². The normalized spacial score (nSPS) is 32.9. The number of aliphatic hydroxyl groups excluding tert-OH is 2. The van der Waals surface area contributed by atoms with Gasteiger partial charge in [0, 0.05) is 25.2 Å². The number of β-amino-alcohol motifs (C(OH)–C–C–N with tert-alkyl or cyclic N) is 2. The number of carboxylic acid groups (broad SMARTS) is 2. The van der Waals surface area contributed by atoms with Crippen LogP contribution in [0.4, 0.5) is 0 Å². The number of carbonyl (C=O) groups excluding carboxylic acids is 2. The summed E-state index contributed by atoms with van der Waals surface area (Å²) in [6.07, 6.45) is -0.509. The van der Waals surface area contributed by atoms with Crippen LogP contribution in [-0.2, 0) is 26.7 Å². The van der Waals surface area contributed by atoms with E-state index < -0.39 is 36.2 Å². The molecule has 2 rings (SSSR count). The monoisotopic (exact) mass is 323 g/mol. The Bertz CT molecular complexity index is 286. The molecule has 9 heteroatoms. The van der Waals surface area contributed by atoms with Crippen molar-refractivity contribution in [3.8, 4) is 0 Å². The van der Waals surface area contributed by atoms with Crippen molar-refractivity contribution in [3.05, 3.63) is 0 Å². The molecule has 0 aromatic carbocycles. The maximum absolute atomic E-state index is 10.1. The molecule has 2 fully saturated rings. The molecule has 1 radical (unpaired) electrons. The third-order valence-electron chi connectivity index (χ3n) is 2.78. The van der Waals surface area contributed by atoms with E-state index in [1.807, 2.05) is 0 Å². The number of rotatable bonds is 2. The number of aliphatic carboxylic acids is 2. The Kier molecular flexibility index (Phi) is 8.15. The first-order valence-corrected chi connectivity index (χ1v) is 5.64. The molecule has 0 aliphatic carbocycles. The van der Waals surface area contributed by atoms with Crippen molar-refractivity contribution in [1.29, 1.82) is 0 Å². The summed E-state index contributed by atoms with van der Waals surface area (Å²) in [6, 6.07) is -1.31. The van der Waals surface area contributed by atoms with E-state index in [4.69, 9.17) is 10.2 Å². The Labute approximate surface area is 120 Å². The van der Waals surface area contributed by atoms with Crippen molar-refractivity contribution in [2.24, 2.45) is 0 Å². The Balaban J connectivity index is 0.000000324. The molecule has 0 aromatic heterocycles. The minimum Gasteiger partial charge on any atom is -0.548 e. The fourth-order valence-electron chi connectivity index (χ4n) is 1.79. The van der Waals surface area contributed by atoms with Gasteiger partial charge in [0.2, 0.25) is 0 Å². The van der Waals surface area contributed by atoms with E-state index in [-0.39, 0.29) is 29.9 Å². The summed E-state index contributed by atoms with van der Waals surface area (Å²) in [5, 5.41) is 42.9. The second kappa shape index (κ2) is 8.47. The summed E-state index contributed by atoms with van der Waals surface area (Å²) in [5.41, 5.74) is 0. The Morgan fingerprint density at radius 3 is 1.32 bits per heavy atom. The van der Waals surface area contributed by atoms with Crippen LogP contribution in [0.25, 0.3) is 0 Å². The van der Waals surface area contributed by atoms with Crippen LogP contribution in [0.3, 0.4) is 0 Å². The molecule has 2 saturated heterocycles. The summed E-state index contributed by atoms with van der Waals surface area (Å²) < 4.78 is 0. The van der Waals surface area contributed by atoms with Crippen molar-refractivity contribution < 1.29 is 47.1 Å². The van der Waals surface area contributed by atoms with Crippen molar-refractivity contribution >= 4 is 11.9 Å². The van der Waals surface area contributed by atoms with E-state index >= 15 is 0 Å². The summed E-state index contributed by atoms with van der Waals surface area (Å²) in [5.74, 6) is -2.27. The second-order valence-electron chi connectivity index (χ2n) is 4.34. The van der Waals surface area contributed by atoms with E-state index in [0.717, 1.165) is 0 Å². The second-order valence-corrected chi connectivity index (χ2v) is 4.34. The molecule has 2 aliphatic rings. The molecule has 0 bridgehead atoms. The summed E-state index contributed by atoms with van der Waals surface area (Å²) in [6.45, 7) is 0.720. The molecule has 2 aliphatic heterocycles. The maximum Gasteiger partial charge on any atom is 2.00 e. The Hall–Kier alpha value is -0.701. The van der Waals surface area contributed by atoms with Crippen LogP contribution in [-0.4, -0.2) is 59.5 Å². The van der Waals surface area contributed by atoms with Crippen molar-refractivity contribution in [1.82, 2.24) is 10.6 Å². The zero-order valence-corrected chi connectivity index (χ0v) is 10.9. The average Bonchev–Trinajstić information content (AvgIpc) is 2.88. The smallest absolute Gasteiger partial charge is 0.548 e. The molecule has 0 amide bonds. The van der Waals surface area contributed by atoms with Crippen LogP contribution in [0.5, 0.6) is 0 Å². The Morgan fingerprint density at radius 2 is 1.21 bits per heavy atom. The van der Waals surface area contributed by atoms with E-state index in [0.29, 0.717) is 13.1 Å². The fraction of sp³-hybridized carbons (Fsp3) is 0.800. The Morgan fingerprint density at radius 1 is 0.895 bits per heavy atom. The van der Waals surface area contributed by atoms with Crippen molar-refractivity contribution in [3.63, 3.8) is 0 Å². The van der Waals surface area contributed by atoms with Gasteiger partial charge in [-0.3, -0.25) is 0 Å². The summed E-state index contributed by atoms with van der Waals surface area (Å²) >= 11 is 0. The zero-order valence-electron chi connectivity index (χ0n) is 9.97. The number of carbonyl (C=O) groups is 2. The minimum atomic E-state index is -1.13. The van der Waals surface area contributed by atoms with E-state index in [2.05, 4.69) is 10.6 Å². The van der Waals surface area contributed by atoms with Crippen LogP contribution in [0.2, 0.25) is 0 Å². The molecule has 4 atom stereocenters. The molecule has 0 aromatic rings. The van der Waals surface area contributed by atoms with Gasteiger partial charge in [-0.25, -0.2) is 0 Å². The third-order valence-corrected chi connectivity index (χ3v) is 2.78. The third kappa shape index (κ3) is 6.33. The van der Waals surface area contributed by atoms with Crippen LogP contribution in [0.15, 0.2) is 0 Å². The van der Waals surface area contributed by atoms with E-state index in [1.165, 1.54) is 0 Å². The van der Waals surface area contributed by atoms with Gasteiger partial charge >= 0.3 is 17.1 Å². The number of hydrogen-bond donors (Lipinski definition) is 4.